The second kappa shape index (κ2) is 15.1. The first-order valence-electron chi connectivity index (χ1n) is 13.6. The number of azo groups is 2. The van der Waals surface area contributed by atoms with E-state index in [-0.39, 0.29) is 49.4 Å². The van der Waals surface area contributed by atoms with Crippen LogP contribution in [0.5, 0.6) is 5.75 Å². The summed E-state index contributed by atoms with van der Waals surface area (Å²) in [6.07, 6.45) is 1.51. The Morgan fingerprint density at radius 1 is 0.808 bits per heavy atom. The number of phenols is 1. The minimum absolute atomic E-state index is 0. The molecule has 4 aromatic carbocycles. The summed E-state index contributed by atoms with van der Waals surface area (Å²) in [6.45, 7) is 1.08. The number of carbonyl (C=O) groups is 1. The van der Waals surface area contributed by atoms with Gasteiger partial charge in [0.05, 0.1) is 31.9 Å². The van der Waals surface area contributed by atoms with Crippen molar-refractivity contribution in [2.75, 3.05) is 5.73 Å². The number of nitrogens with zero attached hydrogens (tertiary/aromatic N) is 6. The topological polar surface area (TPSA) is 328 Å². The smallest absolute Gasteiger partial charge is 0.300 e. The number of aromatic nitrogens is 2. The van der Waals surface area contributed by atoms with Crippen LogP contribution in [-0.4, -0.2) is 65.1 Å². The zero-order valence-electron chi connectivity index (χ0n) is 25.7. The fourth-order valence-electron chi connectivity index (χ4n) is 4.62. The van der Waals surface area contributed by atoms with Crippen LogP contribution in [0.4, 0.5) is 27.8 Å². The molecule has 0 aliphatic heterocycles. The summed E-state index contributed by atoms with van der Waals surface area (Å²) in [5.41, 5.74) is 5.28. The number of benzene rings is 4. The van der Waals surface area contributed by atoms with E-state index in [0.717, 1.165) is 42.7 Å². The number of rotatable bonds is 7. The Morgan fingerprint density at radius 3 is 2.08 bits per heavy atom. The Bertz CT molecular complexity index is 2660. The Morgan fingerprint density at radius 2 is 1.44 bits per heavy atom. The average molecular weight is 841 g/mol. The molecular weight excluding hydrogens is 818 g/mol. The van der Waals surface area contributed by atoms with Crippen molar-refractivity contribution in [3.8, 4) is 5.75 Å². The number of fused-ring (bicyclic) bond motifs is 3. The van der Waals surface area contributed by atoms with E-state index in [2.05, 4.69) is 29.8 Å². The van der Waals surface area contributed by atoms with Crippen LogP contribution >= 0.6 is 22.4 Å². The second-order valence-corrected chi connectivity index (χ2v) is 15.3. The Hall–Kier alpha value is -4.72. The fraction of sp³-hybridized carbons (Fsp3) is 0.0357. The van der Waals surface area contributed by atoms with Gasteiger partial charge in [0.15, 0.2) is 10.8 Å². The number of pyridine rings is 1. The molecule has 2 heterocycles. The molecule has 277 valence electrons. The number of hydrogen-bond acceptors (Lipinski definition) is 17. The Balaban J connectivity index is 0.00000115. The summed E-state index contributed by atoms with van der Waals surface area (Å²) in [4.78, 5) is 11.1. The molecule has 0 aliphatic rings. The minimum atomic E-state index is -5.11. The number of anilines is 1. The zero-order chi connectivity index (χ0) is 37.5. The summed E-state index contributed by atoms with van der Waals surface area (Å²) in [5, 5.41) is 34.8. The van der Waals surface area contributed by atoms with E-state index in [1.807, 2.05) is 0 Å². The number of hydrogen-bond donors (Lipinski definition) is 8. The van der Waals surface area contributed by atoms with E-state index >= 15 is 0 Å². The van der Waals surface area contributed by atoms with Crippen LogP contribution in [0.15, 0.2) is 102 Å². The van der Waals surface area contributed by atoms with Crippen LogP contribution in [0, 0.1) is 0 Å². The SMILES string of the molecule is CC(=O)O.Nc1c(N=Nc2snc3ccc(S(=O)(=O)O)cc23)c(S(=O)(=O)O)cc2cc(S(O)(O)O)c(N=Nc3cccc4cccnc34)c(O)c12.[Cu]. The predicted molar refractivity (Wildman–Crippen MR) is 186 cm³/mol. The molecule has 24 heteroatoms. The van der Waals surface area contributed by atoms with Gasteiger partial charge in [-0.2, -0.15) is 21.2 Å². The van der Waals surface area contributed by atoms with Gasteiger partial charge in [0.1, 0.15) is 32.8 Å². The number of carboxylic acid groups (broad SMARTS) is 1. The van der Waals surface area contributed by atoms with Gasteiger partial charge in [-0.05, 0) is 59.4 Å². The predicted octanol–water partition coefficient (Wildman–Crippen LogP) is 7.28. The van der Waals surface area contributed by atoms with Crippen molar-refractivity contribution in [3.05, 3.63) is 66.9 Å². The van der Waals surface area contributed by atoms with Crippen molar-refractivity contribution in [3.63, 3.8) is 0 Å². The van der Waals surface area contributed by atoms with Gasteiger partial charge >= 0.3 is 0 Å². The molecule has 6 aromatic rings. The normalized spacial score (nSPS) is 12.7. The van der Waals surface area contributed by atoms with Crippen LogP contribution in [0.1, 0.15) is 6.92 Å². The molecule has 52 heavy (non-hydrogen) atoms. The molecule has 0 spiro atoms. The van der Waals surface area contributed by atoms with E-state index in [1.54, 1.807) is 30.3 Å². The maximum Gasteiger partial charge on any atom is 0.300 e. The van der Waals surface area contributed by atoms with Crippen LogP contribution in [0.3, 0.4) is 0 Å². The maximum atomic E-state index is 12.4. The summed E-state index contributed by atoms with van der Waals surface area (Å²) in [6, 6.07) is 13.6. The molecule has 0 aliphatic carbocycles. The number of nitrogens with two attached hydrogens (primary N) is 1. The number of para-hydroxylation sites is 1. The van der Waals surface area contributed by atoms with E-state index < -0.39 is 74.6 Å². The third-order valence-electron chi connectivity index (χ3n) is 6.72. The molecule has 0 atom stereocenters. The Labute approximate surface area is 308 Å². The number of aliphatic carboxylic acids is 1. The first-order chi connectivity index (χ1) is 23.8. The summed E-state index contributed by atoms with van der Waals surface area (Å²) >= 11 is 0.738. The first-order valence-corrected chi connectivity index (χ1v) is 18.8. The number of carboxylic acids is 1. The van der Waals surface area contributed by atoms with E-state index in [9.17, 15) is 44.7 Å². The standard InChI is InChI=1S/C26H19N7O10S4.C2H4O2.Cu/c27-21-20-13(10-19(47(41,42)43)24(25(20)34)31-29-17-5-1-3-12-4-2-8-28-22(12)17)9-18(46(38,39)40)23(21)30-32-26-15-11-14(45(35,36)37)6-7-16(15)33-44-26;1-2(3)4;/h1-11,34,41-43H,27H2,(H,35,36,37)(H,38,39,40);1H3,(H,3,4);. The van der Waals surface area contributed by atoms with Gasteiger partial charge in [-0.3, -0.25) is 18.9 Å². The maximum absolute atomic E-state index is 12.4. The van der Waals surface area contributed by atoms with Crippen molar-refractivity contribution in [1.29, 1.82) is 0 Å². The average Bonchev–Trinajstić information content (AvgIpc) is 3.44. The minimum Gasteiger partial charge on any atom is -0.505 e. The van der Waals surface area contributed by atoms with Gasteiger partial charge in [-0.15, -0.1) is 20.5 Å². The van der Waals surface area contributed by atoms with E-state index in [0.29, 0.717) is 10.9 Å². The van der Waals surface area contributed by atoms with Gasteiger partial charge in [0.25, 0.3) is 26.2 Å². The number of nitrogen functional groups attached to an aromatic ring is 1. The van der Waals surface area contributed by atoms with Gasteiger partial charge in [-0.1, -0.05) is 18.2 Å². The monoisotopic (exact) mass is 840 g/mol. The molecule has 9 N–H and O–H groups in total. The first kappa shape index (κ1) is 40.1. The quantitative estimate of drug-likeness (QED) is 0.0339. The summed E-state index contributed by atoms with van der Waals surface area (Å²) in [7, 11) is -14.3. The molecule has 6 rings (SSSR count). The van der Waals surface area contributed by atoms with Gasteiger partial charge < -0.3 is 29.6 Å². The van der Waals surface area contributed by atoms with Crippen molar-refractivity contribution in [2.45, 2.75) is 21.6 Å². The van der Waals surface area contributed by atoms with Crippen molar-refractivity contribution in [1.82, 2.24) is 9.36 Å². The van der Waals surface area contributed by atoms with Crippen molar-refractivity contribution in [2.24, 2.45) is 20.5 Å². The molecule has 2 aromatic heterocycles. The number of aromatic hydroxyl groups is 1. The summed E-state index contributed by atoms with van der Waals surface area (Å²) < 4.78 is 102. The molecule has 19 nitrogen and oxygen atoms in total. The van der Waals surface area contributed by atoms with Crippen LogP contribution in [-0.2, 0) is 42.1 Å². The molecule has 0 amide bonds. The molecule has 0 saturated heterocycles. The third kappa shape index (κ3) is 8.49. The molecular formula is C28H23CuN7O12S4. The second-order valence-electron chi connectivity index (χ2n) is 10.2. The molecule has 0 unspecified atom stereocenters. The van der Waals surface area contributed by atoms with Crippen LogP contribution < -0.4 is 5.73 Å². The molecule has 0 fully saturated rings. The third-order valence-corrected chi connectivity index (χ3v) is 10.1. The van der Waals surface area contributed by atoms with E-state index in [4.69, 9.17) is 15.6 Å². The largest absolute Gasteiger partial charge is 0.505 e. The van der Waals surface area contributed by atoms with Crippen molar-refractivity contribution < 1.29 is 71.7 Å². The van der Waals surface area contributed by atoms with Gasteiger partial charge in [0.2, 0.25) is 0 Å². The molecule has 0 bridgehead atoms. The van der Waals surface area contributed by atoms with Gasteiger partial charge in [-0.25, -0.2) is 0 Å². The Kier molecular flexibility index (Phi) is 11.6. The van der Waals surface area contributed by atoms with Crippen LogP contribution in [0.25, 0.3) is 32.6 Å². The number of phenolic OH excluding ortho intramolecular Hbond substituents is 1. The fourth-order valence-corrected chi connectivity index (χ4v) is 7.17. The van der Waals surface area contributed by atoms with E-state index in [1.165, 1.54) is 12.3 Å². The summed E-state index contributed by atoms with van der Waals surface area (Å²) in [5.74, 6) is -1.71. The van der Waals surface area contributed by atoms with Crippen molar-refractivity contribution >= 4 is 109 Å². The molecule has 1 radical (unpaired) electrons. The van der Waals surface area contributed by atoms with Crippen LogP contribution in [0.2, 0.25) is 0 Å². The van der Waals surface area contributed by atoms with Gasteiger partial charge in [0, 0.05) is 41.0 Å². The molecule has 0 saturated carbocycles. The zero-order valence-corrected chi connectivity index (χ0v) is 29.9.